The molecule has 0 bridgehead atoms. The topological polar surface area (TPSA) is 86.8 Å². The summed E-state index contributed by atoms with van der Waals surface area (Å²) in [6, 6.07) is 15.1. The maximum atomic E-state index is 13.1. The quantitative estimate of drug-likeness (QED) is 0.488. The van der Waals surface area contributed by atoms with Crippen molar-refractivity contribution in [2.45, 2.75) is 44.2 Å². The highest BCUT2D eigenvalue weighted by Gasteiger charge is 2.26. The first-order valence-electron chi connectivity index (χ1n) is 10.5. The smallest absolute Gasteiger partial charge is 0.242 e. The molecule has 1 atom stereocenters. The molecule has 0 spiro atoms. The summed E-state index contributed by atoms with van der Waals surface area (Å²) in [5.74, 6) is -0.422. The molecule has 0 aliphatic rings. The zero-order valence-corrected chi connectivity index (χ0v) is 21.0. The minimum absolute atomic E-state index is 0.131. The molecule has 0 aliphatic heterocycles. The fourth-order valence-electron chi connectivity index (χ4n) is 3.23. The van der Waals surface area contributed by atoms with E-state index in [1.54, 1.807) is 42.2 Å². The first-order valence-corrected chi connectivity index (χ1v) is 12.7. The van der Waals surface area contributed by atoms with Gasteiger partial charge in [-0.25, -0.2) is 12.7 Å². The van der Waals surface area contributed by atoms with E-state index in [2.05, 4.69) is 21.2 Å². The number of hydrogen-bond acceptors (Lipinski definition) is 4. The number of rotatable bonds is 11. The molecule has 7 nitrogen and oxygen atoms in total. The van der Waals surface area contributed by atoms with Gasteiger partial charge in [0.25, 0.3) is 0 Å². The van der Waals surface area contributed by atoms with Gasteiger partial charge in [-0.15, -0.1) is 0 Å². The maximum absolute atomic E-state index is 13.1. The summed E-state index contributed by atoms with van der Waals surface area (Å²) < 4.78 is 27.5. The maximum Gasteiger partial charge on any atom is 0.242 e. The third kappa shape index (κ3) is 7.15. The van der Waals surface area contributed by atoms with Gasteiger partial charge in [0, 0.05) is 37.6 Å². The molecule has 2 aromatic rings. The van der Waals surface area contributed by atoms with Crippen molar-refractivity contribution in [1.82, 2.24) is 14.5 Å². The molecule has 0 saturated heterocycles. The van der Waals surface area contributed by atoms with Gasteiger partial charge < -0.3 is 10.2 Å². The number of amides is 2. The van der Waals surface area contributed by atoms with Crippen LogP contribution in [0.4, 0.5) is 0 Å². The first-order chi connectivity index (χ1) is 15.2. The van der Waals surface area contributed by atoms with E-state index in [-0.39, 0.29) is 36.2 Å². The average Bonchev–Trinajstić information content (AvgIpc) is 2.77. The van der Waals surface area contributed by atoms with Crippen molar-refractivity contribution >= 4 is 37.8 Å². The number of sulfonamides is 1. The van der Waals surface area contributed by atoms with E-state index >= 15 is 0 Å². The Morgan fingerprint density at radius 3 is 2.41 bits per heavy atom. The number of carbonyl (C=O) groups excluding carboxylic acids is 2. The van der Waals surface area contributed by atoms with Crippen LogP contribution in [0.1, 0.15) is 32.3 Å². The molecule has 0 heterocycles. The van der Waals surface area contributed by atoms with Gasteiger partial charge >= 0.3 is 0 Å². The fraction of sp³-hybridized carbons (Fsp3) is 0.391. The number of likely N-dealkylation sites (N-methyl/N-ethyl adjacent to an activating group) is 1. The Morgan fingerprint density at radius 2 is 1.78 bits per heavy atom. The summed E-state index contributed by atoms with van der Waals surface area (Å²) in [4.78, 5) is 27.2. The van der Waals surface area contributed by atoms with Crippen LogP contribution in [-0.4, -0.2) is 55.6 Å². The molecule has 9 heteroatoms. The van der Waals surface area contributed by atoms with Crippen molar-refractivity contribution in [3.63, 3.8) is 0 Å². The van der Waals surface area contributed by atoms with E-state index in [1.165, 1.54) is 11.4 Å². The largest absolute Gasteiger partial charge is 0.355 e. The molecule has 0 unspecified atom stereocenters. The van der Waals surface area contributed by atoms with Crippen LogP contribution in [0.2, 0.25) is 0 Å². The van der Waals surface area contributed by atoms with Crippen molar-refractivity contribution in [2.75, 3.05) is 20.1 Å². The van der Waals surface area contributed by atoms with Gasteiger partial charge in [-0.2, -0.15) is 0 Å². The average molecular weight is 524 g/mol. The molecule has 0 aromatic heterocycles. The number of hydrogen-bond donors (Lipinski definition) is 1. The Kier molecular flexibility index (Phi) is 9.86. The Hall–Kier alpha value is -2.23. The summed E-state index contributed by atoms with van der Waals surface area (Å²) in [7, 11) is -2.11. The second-order valence-corrected chi connectivity index (χ2v) is 10.4. The highest BCUT2D eigenvalue weighted by Crippen LogP contribution is 2.17. The second kappa shape index (κ2) is 12.1. The summed E-state index contributed by atoms with van der Waals surface area (Å²) in [5, 5.41) is 2.76. The Morgan fingerprint density at radius 1 is 1.09 bits per heavy atom. The molecule has 0 aliphatic carbocycles. The van der Waals surface area contributed by atoms with Crippen LogP contribution in [0.15, 0.2) is 64.0 Å². The number of carbonyl (C=O) groups is 2. The van der Waals surface area contributed by atoms with E-state index in [0.29, 0.717) is 13.0 Å². The normalized spacial score (nSPS) is 12.4. The van der Waals surface area contributed by atoms with Gasteiger partial charge in [0.15, 0.2) is 0 Å². The summed E-state index contributed by atoms with van der Waals surface area (Å²) >= 11 is 3.43. The van der Waals surface area contributed by atoms with Crippen LogP contribution in [0.5, 0.6) is 0 Å². The van der Waals surface area contributed by atoms with Crippen LogP contribution < -0.4 is 5.32 Å². The molecule has 1 N–H and O–H groups in total. The highest BCUT2D eigenvalue weighted by atomic mass is 79.9. The third-order valence-corrected chi connectivity index (χ3v) is 7.44. The lowest BCUT2D eigenvalue weighted by atomic mass is 10.1. The molecule has 32 heavy (non-hydrogen) atoms. The minimum atomic E-state index is -3.61. The molecule has 2 rings (SSSR count). The van der Waals surface area contributed by atoms with Crippen molar-refractivity contribution in [3.8, 4) is 0 Å². The standard InChI is InChI=1S/C23H30BrN3O4S/c1-4-25-23(29)18(2)27(17-19-10-8-11-20(24)16-19)22(28)14-9-15-26(3)32(30,31)21-12-6-5-7-13-21/h5-8,10-13,16,18H,4,9,14-15,17H2,1-3H3,(H,25,29)/t18-/m0/s1. The van der Waals surface area contributed by atoms with Crippen LogP contribution in [0.25, 0.3) is 0 Å². The van der Waals surface area contributed by atoms with Crippen LogP contribution in [0.3, 0.4) is 0 Å². The van der Waals surface area contributed by atoms with Gasteiger partial charge in [0.05, 0.1) is 4.90 Å². The van der Waals surface area contributed by atoms with E-state index in [1.807, 2.05) is 31.2 Å². The fourth-order valence-corrected chi connectivity index (χ4v) is 4.90. The lowest BCUT2D eigenvalue weighted by Crippen LogP contribution is -2.47. The number of halogens is 1. The lowest BCUT2D eigenvalue weighted by Gasteiger charge is -2.29. The summed E-state index contributed by atoms with van der Waals surface area (Å²) in [6.07, 6.45) is 0.477. The predicted octanol–water partition coefficient (Wildman–Crippen LogP) is 3.40. The highest BCUT2D eigenvalue weighted by molar-refractivity contribution is 9.10. The predicted molar refractivity (Wildman–Crippen MR) is 128 cm³/mol. The van der Waals surface area contributed by atoms with Crippen LogP contribution in [0, 0.1) is 0 Å². The third-order valence-electron chi connectivity index (χ3n) is 5.08. The van der Waals surface area contributed by atoms with Crippen molar-refractivity contribution in [2.24, 2.45) is 0 Å². The van der Waals surface area contributed by atoms with Crippen molar-refractivity contribution < 1.29 is 18.0 Å². The Labute approximate surface area is 199 Å². The van der Waals surface area contributed by atoms with Gasteiger partial charge in [-0.1, -0.05) is 46.3 Å². The van der Waals surface area contributed by atoms with Crippen molar-refractivity contribution in [3.05, 3.63) is 64.6 Å². The molecule has 0 saturated carbocycles. The Bertz CT molecular complexity index is 1010. The van der Waals surface area contributed by atoms with E-state index in [9.17, 15) is 18.0 Å². The number of nitrogens with zero attached hydrogens (tertiary/aromatic N) is 2. The molecular weight excluding hydrogens is 494 g/mol. The van der Waals surface area contributed by atoms with E-state index < -0.39 is 16.1 Å². The minimum Gasteiger partial charge on any atom is -0.355 e. The molecular formula is C23H30BrN3O4S. The van der Waals surface area contributed by atoms with Gasteiger partial charge in [-0.05, 0) is 50.1 Å². The lowest BCUT2D eigenvalue weighted by molar-refractivity contribution is -0.140. The molecule has 2 aromatic carbocycles. The molecule has 0 fully saturated rings. The summed E-state index contributed by atoms with van der Waals surface area (Å²) in [5.41, 5.74) is 0.896. The van der Waals surface area contributed by atoms with Crippen LogP contribution >= 0.6 is 15.9 Å². The Balaban J connectivity index is 2.06. The number of nitrogens with one attached hydrogen (secondary N) is 1. The molecule has 174 valence electrons. The monoisotopic (exact) mass is 523 g/mol. The van der Waals surface area contributed by atoms with Gasteiger partial charge in [0.1, 0.15) is 6.04 Å². The zero-order chi connectivity index (χ0) is 23.7. The molecule has 2 amide bonds. The van der Waals surface area contributed by atoms with Crippen LogP contribution in [-0.2, 0) is 26.2 Å². The SMILES string of the molecule is CCNC(=O)[C@H](C)N(Cc1cccc(Br)c1)C(=O)CCCN(C)S(=O)(=O)c1ccccc1. The zero-order valence-electron chi connectivity index (χ0n) is 18.6. The van der Waals surface area contributed by atoms with E-state index in [0.717, 1.165) is 10.0 Å². The molecule has 0 radical (unpaired) electrons. The van der Waals surface area contributed by atoms with Gasteiger partial charge in [0.2, 0.25) is 21.8 Å². The number of benzene rings is 2. The van der Waals surface area contributed by atoms with Crippen molar-refractivity contribution in [1.29, 1.82) is 0 Å². The van der Waals surface area contributed by atoms with Gasteiger partial charge in [-0.3, -0.25) is 9.59 Å². The summed E-state index contributed by atoms with van der Waals surface area (Å²) in [6.45, 7) is 4.49. The van der Waals surface area contributed by atoms with E-state index in [4.69, 9.17) is 0 Å². The second-order valence-electron chi connectivity index (χ2n) is 7.47. The first kappa shape index (κ1) is 26.0.